The Morgan fingerprint density at radius 2 is 1.97 bits per heavy atom. The highest BCUT2D eigenvalue weighted by molar-refractivity contribution is 6.33. The van der Waals surface area contributed by atoms with Crippen molar-refractivity contribution in [2.45, 2.75) is 12.3 Å². The fourth-order valence-corrected chi connectivity index (χ4v) is 4.15. The largest absolute Gasteiger partial charge is 0.493 e. The molecule has 0 aliphatic carbocycles. The quantitative estimate of drug-likeness (QED) is 0.597. The van der Waals surface area contributed by atoms with E-state index in [9.17, 15) is 5.26 Å². The van der Waals surface area contributed by atoms with Crippen molar-refractivity contribution >= 4 is 17.4 Å². The molecule has 1 unspecified atom stereocenters. The number of rotatable bonds is 8. The van der Waals surface area contributed by atoms with Gasteiger partial charge in [-0.3, -0.25) is 4.90 Å². The van der Waals surface area contributed by atoms with Crippen LogP contribution in [0.5, 0.6) is 17.5 Å². The Morgan fingerprint density at radius 3 is 2.69 bits per heavy atom. The highest BCUT2D eigenvalue weighted by atomic mass is 35.5. The summed E-state index contributed by atoms with van der Waals surface area (Å²) in [7, 11) is 3.11. The molecule has 0 saturated carbocycles. The van der Waals surface area contributed by atoms with Crippen LogP contribution in [0, 0.1) is 11.3 Å². The zero-order chi connectivity index (χ0) is 22.5. The lowest BCUT2D eigenvalue weighted by atomic mass is 9.98. The standard InChI is InChI=1S/C22H26ClN5O4/c1-29-17-10-15(16(23)11-18(17)30-2)20-19-14(12-24)13-25-21(19)27-22(26-20)32-7-3-4-28-5-8-31-9-6-28/h10-11,14H,3-9,13H2,1-2H3,(H,25,26,27). The molecule has 1 saturated heterocycles. The highest BCUT2D eigenvalue weighted by Crippen LogP contribution is 2.43. The van der Waals surface area contributed by atoms with Crippen LogP contribution in [-0.2, 0) is 4.74 Å². The van der Waals surface area contributed by atoms with Crippen molar-refractivity contribution in [1.82, 2.24) is 14.9 Å². The normalized spacial score (nSPS) is 17.9. The van der Waals surface area contributed by atoms with Crippen molar-refractivity contribution < 1.29 is 18.9 Å². The summed E-state index contributed by atoms with van der Waals surface area (Å²) in [4.78, 5) is 11.5. The molecule has 2 aromatic rings. The van der Waals surface area contributed by atoms with Gasteiger partial charge in [0.05, 0.1) is 56.7 Å². The van der Waals surface area contributed by atoms with Gasteiger partial charge in [-0.2, -0.15) is 15.2 Å². The Kier molecular flexibility index (Phi) is 7.15. The summed E-state index contributed by atoms with van der Waals surface area (Å²) in [6, 6.07) is 6.00. The lowest BCUT2D eigenvalue weighted by Crippen LogP contribution is -2.37. The van der Waals surface area contributed by atoms with E-state index in [-0.39, 0.29) is 11.9 Å². The van der Waals surface area contributed by atoms with E-state index < -0.39 is 0 Å². The monoisotopic (exact) mass is 459 g/mol. The van der Waals surface area contributed by atoms with E-state index >= 15 is 0 Å². The van der Waals surface area contributed by atoms with Crippen LogP contribution in [0.25, 0.3) is 11.3 Å². The molecule has 170 valence electrons. The number of halogens is 1. The molecule has 1 atom stereocenters. The highest BCUT2D eigenvalue weighted by Gasteiger charge is 2.31. The SMILES string of the molecule is COc1cc(Cl)c(-c2nc(OCCCN3CCOCC3)nc3c2C(C#N)CN3)cc1OC. The van der Waals surface area contributed by atoms with E-state index in [0.717, 1.165) is 39.3 Å². The predicted molar refractivity (Wildman–Crippen MR) is 120 cm³/mol. The molecule has 10 heteroatoms. The van der Waals surface area contributed by atoms with Crippen LogP contribution in [0.4, 0.5) is 5.82 Å². The minimum Gasteiger partial charge on any atom is -0.493 e. The van der Waals surface area contributed by atoms with Gasteiger partial charge >= 0.3 is 6.01 Å². The Hall–Kier alpha value is -2.80. The molecule has 0 amide bonds. The second-order valence-electron chi connectivity index (χ2n) is 7.52. The number of nitrogens with zero attached hydrogens (tertiary/aromatic N) is 4. The van der Waals surface area contributed by atoms with Crippen LogP contribution in [0.3, 0.4) is 0 Å². The Labute approximate surface area is 192 Å². The molecule has 1 N–H and O–H groups in total. The first-order valence-corrected chi connectivity index (χ1v) is 10.9. The zero-order valence-corrected chi connectivity index (χ0v) is 18.9. The van der Waals surface area contributed by atoms with Crippen molar-refractivity contribution in [3.05, 3.63) is 22.7 Å². The van der Waals surface area contributed by atoms with E-state index in [1.807, 2.05) is 0 Å². The third-order valence-corrected chi connectivity index (χ3v) is 5.90. The third kappa shape index (κ3) is 4.67. The Morgan fingerprint density at radius 1 is 1.22 bits per heavy atom. The number of nitrogens with one attached hydrogen (secondary N) is 1. The van der Waals surface area contributed by atoms with Gasteiger partial charge in [0.15, 0.2) is 11.5 Å². The van der Waals surface area contributed by atoms with E-state index in [2.05, 4.69) is 26.3 Å². The van der Waals surface area contributed by atoms with Crippen molar-refractivity contribution in [1.29, 1.82) is 5.26 Å². The number of ether oxygens (including phenoxy) is 4. The van der Waals surface area contributed by atoms with Crippen LogP contribution >= 0.6 is 11.6 Å². The number of morpholine rings is 1. The van der Waals surface area contributed by atoms with Crippen LogP contribution in [0.1, 0.15) is 17.9 Å². The molecule has 9 nitrogen and oxygen atoms in total. The number of methoxy groups -OCH3 is 2. The van der Waals surface area contributed by atoms with Gasteiger partial charge in [0.2, 0.25) is 0 Å². The second-order valence-corrected chi connectivity index (χ2v) is 7.93. The maximum Gasteiger partial charge on any atom is 0.318 e. The molecule has 4 rings (SSSR count). The summed E-state index contributed by atoms with van der Waals surface area (Å²) in [6.45, 7) is 5.30. The maximum absolute atomic E-state index is 9.63. The average molecular weight is 460 g/mol. The smallest absolute Gasteiger partial charge is 0.318 e. The summed E-state index contributed by atoms with van der Waals surface area (Å²) in [5, 5.41) is 13.3. The zero-order valence-electron chi connectivity index (χ0n) is 18.2. The summed E-state index contributed by atoms with van der Waals surface area (Å²) >= 11 is 6.57. The van der Waals surface area contributed by atoms with E-state index in [0.29, 0.717) is 52.3 Å². The lowest BCUT2D eigenvalue weighted by Gasteiger charge is -2.26. The molecule has 0 radical (unpaired) electrons. The first-order valence-electron chi connectivity index (χ1n) is 10.5. The van der Waals surface area contributed by atoms with Crippen LogP contribution in [0.2, 0.25) is 5.02 Å². The van der Waals surface area contributed by atoms with E-state index in [4.69, 9.17) is 30.5 Å². The number of nitriles is 1. The average Bonchev–Trinajstić information content (AvgIpc) is 3.25. The number of aromatic nitrogens is 2. The fraction of sp³-hybridized carbons (Fsp3) is 0.500. The number of benzene rings is 1. The maximum atomic E-state index is 9.63. The molecular weight excluding hydrogens is 434 g/mol. The van der Waals surface area contributed by atoms with Crippen molar-refractivity contribution in [2.24, 2.45) is 0 Å². The van der Waals surface area contributed by atoms with Crippen molar-refractivity contribution in [2.75, 3.05) is 65.5 Å². The van der Waals surface area contributed by atoms with Gasteiger partial charge in [-0.05, 0) is 12.5 Å². The molecular formula is C22H26ClN5O4. The van der Waals surface area contributed by atoms with E-state index in [1.54, 1.807) is 26.4 Å². The van der Waals surface area contributed by atoms with Crippen molar-refractivity contribution in [3.63, 3.8) is 0 Å². The number of anilines is 1. The number of hydrogen-bond acceptors (Lipinski definition) is 9. The summed E-state index contributed by atoms with van der Waals surface area (Å²) < 4.78 is 22.1. The summed E-state index contributed by atoms with van der Waals surface area (Å²) in [5.74, 6) is 1.24. The molecule has 0 spiro atoms. The Bertz CT molecular complexity index is 1010. The number of fused-ring (bicyclic) bond motifs is 1. The molecule has 0 bridgehead atoms. The van der Waals surface area contributed by atoms with Crippen LogP contribution in [0.15, 0.2) is 12.1 Å². The predicted octanol–water partition coefficient (Wildman–Crippen LogP) is 2.95. The first-order chi connectivity index (χ1) is 15.6. The molecule has 1 aromatic carbocycles. The van der Waals surface area contributed by atoms with Gasteiger partial charge < -0.3 is 24.3 Å². The van der Waals surface area contributed by atoms with E-state index in [1.165, 1.54) is 0 Å². The minimum absolute atomic E-state index is 0.248. The molecule has 32 heavy (non-hydrogen) atoms. The molecule has 2 aliphatic rings. The van der Waals surface area contributed by atoms with Gasteiger partial charge in [-0.1, -0.05) is 11.6 Å². The van der Waals surface area contributed by atoms with Crippen LogP contribution in [-0.4, -0.2) is 75.1 Å². The molecule has 1 fully saturated rings. The lowest BCUT2D eigenvalue weighted by molar-refractivity contribution is 0.0356. The molecule has 1 aromatic heterocycles. The van der Waals surface area contributed by atoms with Gasteiger partial charge in [0.25, 0.3) is 0 Å². The summed E-state index contributed by atoms with van der Waals surface area (Å²) in [6.07, 6.45) is 0.848. The van der Waals surface area contributed by atoms with Crippen LogP contribution < -0.4 is 19.5 Å². The fourth-order valence-electron chi connectivity index (χ4n) is 3.91. The molecule has 2 aliphatic heterocycles. The van der Waals surface area contributed by atoms with Gasteiger partial charge in [-0.25, -0.2) is 0 Å². The van der Waals surface area contributed by atoms with Gasteiger partial charge in [0.1, 0.15) is 5.82 Å². The molecule has 3 heterocycles. The summed E-state index contributed by atoms with van der Waals surface area (Å²) in [5.41, 5.74) is 1.90. The minimum atomic E-state index is -0.389. The van der Waals surface area contributed by atoms with Gasteiger partial charge in [-0.15, -0.1) is 0 Å². The first kappa shape index (κ1) is 22.4. The second kappa shape index (κ2) is 10.2. The van der Waals surface area contributed by atoms with Crippen molar-refractivity contribution in [3.8, 4) is 34.8 Å². The number of hydrogen-bond donors (Lipinski definition) is 1. The van der Waals surface area contributed by atoms with Gasteiger partial charge in [0, 0.05) is 43.4 Å². The third-order valence-electron chi connectivity index (χ3n) is 5.58. The topological polar surface area (TPSA) is 102 Å². The Balaban J connectivity index is 1.60.